The molecule has 114 valence electrons. The van der Waals surface area contributed by atoms with Crippen molar-refractivity contribution in [3.8, 4) is 11.8 Å². The van der Waals surface area contributed by atoms with E-state index in [0.717, 1.165) is 10.8 Å². The van der Waals surface area contributed by atoms with E-state index in [2.05, 4.69) is 15.9 Å². The van der Waals surface area contributed by atoms with Crippen LogP contribution in [0.3, 0.4) is 0 Å². The summed E-state index contributed by atoms with van der Waals surface area (Å²) in [5.74, 6) is 0.200. The summed E-state index contributed by atoms with van der Waals surface area (Å²) in [5, 5.41) is 10.7. The molecule has 0 aliphatic heterocycles. The standard InChI is InChI=1S/C17H10BrNO3S/c18-17-15-7-2-1-5-13(15)8-9-16(17)22-23(20,21)14-6-3-4-12(10-14)11-19/h1-10H. The number of benzene rings is 3. The summed E-state index contributed by atoms with van der Waals surface area (Å²) in [4.78, 5) is -0.0587. The van der Waals surface area contributed by atoms with E-state index in [1.165, 1.54) is 24.3 Å². The van der Waals surface area contributed by atoms with Gasteiger partial charge in [0.2, 0.25) is 0 Å². The molecule has 4 nitrogen and oxygen atoms in total. The van der Waals surface area contributed by atoms with Gasteiger partial charge in [-0.2, -0.15) is 13.7 Å². The SMILES string of the molecule is N#Cc1cccc(S(=O)(=O)Oc2ccc3ccccc3c2Br)c1. The second-order valence-corrected chi connectivity index (χ2v) is 7.12. The Labute approximate surface area is 142 Å². The molecule has 23 heavy (non-hydrogen) atoms. The average molecular weight is 388 g/mol. The van der Waals surface area contributed by atoms with Gasteiger partial charge < -0.3 is 4.18 Å². The minimum atomic E-state index is -4.02. The van der Waals surface area contributed by atoms with Gasteiger partial charge in [0.05, 0.1) is 16.1 Å². The van der Waals surface area contributed by atoms with E-state index in [0.29, 0.717) is 4.47 Å². The number of fused-ring (bicyclic) bond motifs is 1. The van der Waals surface area contributed by atoms with Crippen LogP contribution in [-0.2, 0) is 10.1 Å². The van der Waals surface area contributed by atoms with Crippen molar-refractivity contribution in [1.29, 1.82) is 5.26 Å². The smallest absolute Gasteiger partial charge is 0.339 e. The second-order valence-electron chi connectivity index (χ2n) is 4.78. The Bertz CT molecular complexity index is 1040. The predicted octanol–water partition coefficient (Wildman–Crippen LogP) is 4.24. The first-order chi connectivity index (χ1) is 11.0. The molecule has 3 rings (SSSR count). The Morgan fingerprint density at radius 1 is 1.00 bits per heavy atom. The molecule has 0 atom stereocenters. The molecule has 0 aromatic heterocycles. The number of halogens is 1. The van der Waals surface area contributed by atoms with Gasteiger partial charge in [-0.1, -0.05) is 36.4 Å². The lowest BCUT2D eigenvalue weighted by molar-refractivity contribution is 0.485. The molecule has 0 heterocycles. The highest BCUT2D eigenvalue weighted by Crippen LogP contribution is 2.34. The van der Waals surface area contributed by atoms with Crippen molar-refractivity contribution in [2.75, 3.05) is 0 Å². The normalized spacial score (nSPS) is 11.1. The minimum Gasteiger partial charge on any atom is -0.378 e. The number of nitriles is 1. The van der Waals surface area contributed by atoms with E-state index in [4.69, 9.17) is 9.44 Å². The molecule has 0 fully saturated rings. The first-order valence-corrected chi connectivity index (χ1v) is 8.83. The molecule has 0 N–H and O–H groups in total. The summed E-state index contributed by atoms with van der Waals surface area (Å²) >= 11 is 3.39. The maximum atomic E-state index is 12.4. The van der Waals surface area contributed by atoms with E-state index >= 15 is 0 Å². The Morgan fingerprint density at radius 3 is 2.57 bits per heavy atom. The Balaban J connectivity index is 2.04. The highest BCUT2D eigenvalue weighted by molar-refractivity contribution is 9.10. The third-order valence-electron chi connectivity index (χ3n) is 3.28. The Hall–Kier alpha value is -2.36. The van der Waals surface area contributed by atoms with Crippen molar-refractivity contribution in [2.24, 2.45) is 0 Å². The lowest BCUT2D eigenvalue weighted by Crippen LogP contribution is -2.10. The fourth-order valence-electron chi connectivity index (χ4n) is 2.17. The topological polar surface area (TPSA) is 67.2 Å². The van der Waals surface area contributed by atoms with Crippen LogP contribution in [0.25, 0.3) is 10.8 Å². The zero-order chi connectivity index (χ0) is 16.4. The third-order valence-corrected chi connectivity index (χ3v) is 5.33. The van der Waals surface area contributed by atoms with Crippen LogP contribution in [-0.4, -0.2) is 8.42 Å². The zero-order valence-corrected chi connectivity index (χ0v) is 14.1. The lowest BCUT2D eigenvalue weighted by atomic mass is 10.1. The van der Waals surface area contributed by atoms with Crippen molar-refractivity contribution < 1.29 is 12.6 Å². The number of rotatable bonds is 3. The van der Waals surface area contributed by atoms with Gasteiger partial charge in [0.1, 0.15) is 4.90 Å². The van der Waals surface area contributed by atoms with Crippen molar-refractivity contribution in [3.05, 3.63) is 70.7 Å². The molecule has 0 amide bonds. The molecule has 0 saturated carbocycles. The maximum absolute atomic E-state index is 12.4. The molecule has 3 aromatic rings. The van der Waals surface area contributed by atoms with E-state index in [9.17, 15) is 8.42 Å². The van der Waals surface area contributed by atoms with Gasteiger partial charge >= 0.3 is 10.1 Å². The third kappa shape index (κ3) is 3.07. The number of hydrogen-bond acceptors (Lipinski definition) is 4. The van der Waals surface area contributed by atoms with Gasteiger partial charge in [0, 0.05) is 0 Å². The summed E-state index contributed by atoms with van der Waals surface area (Å²) in [6, 6.07) is 18.6. The average Bonchev–Trinajstić information content (AvgIpc) is 2.57. The molecule has 0 spiro atoms. The summed E-state index contributed by atoms with van der Waals surface area (Å²) < 4.78 is 30.6. The molecule has 6 heteroatoms. The largest absolute Gasteiger partial charge is 0.378 e. The summed E-state index contributed by atoms with van der Waals surface area (Å²) in [7, 11) is -4.02. The Morgan fingerprint density at radius 2 is 1.78 bits per heavy atom. The van der Waals surface area contributed by atoms with Crippen molar-refractivity contribution in [2.45, 2.75) is 4.90 Å². The molecular weight excluding hydrogens is 378 g/mol. The highest BCUT2D eigenvalue weighted by atomic mass is 79.9. The molecule has 0 bridgehead atoms. The van der Waals surface area contributed by atoms with Crippen LogP contribution >= 0.6 is 15.9 Å². The van der Waals surface area contributed by atoms with E-state index in [1.54, 1.807) is 12.1 Å². The maximum Gasteiger partial charge on any atom is 0.339 e. The van der Waals surface area contributed by atoms with Crippen LogP contribution in [0, 0.1) is 11.3 Å². The van der Waals surface area contributed by atoms with Gasteiger partial charge in [-0.25, -0.2) is 0 Å². The van der Waals surface area contributed by atoms with Crippen molar-refractivity contribution >= 4 is 36.8 Å². The van der Waals surface area contributed by atoms with E-state index in [1.807, 2.05) is 30.3 Å². The summed E-state index contributed by atoms with van der Waals surface area (Å²) in [6.07, 6.45) is 0. The molecule has 0 unspecified atom stereocenters. The highest BCUT2D eigenvalue weighted by Gasteiger charge is 2.19. The quantitative estimate of drug-likeness (QED) is 0.630. The molecule has 0 aliphatic rings. The van der Waals surface area contributed by atoms with Crippen molar-refractivity contribution in [3.63, 3.8) is 0 Å². The molecule has 0 aliphatic carbocycles. The zero-order valence-electron chi connectivity index (χ0n) is 11.7. The van der Waals surface area contributed by atoms with Gasteiger partial charge in [-0.3, -0.25) is 0 Å². The van der Waals surface area contributed by atoms with E-state index < -0.39 is 10.1 Å². The van der Waals surface area contributed by atoms with Crippen molar-refractivity contribution in [1.82, 2.24) is 0 Å². The first-order valence-electron chi connectivity index (χ1n) is 6.63. The van der Waals surface area contributed by atoms with Crippen LogP contribution in [0.1, 0.15) is 5.56 Å². The van der Waals surface area contributed by atoms with Crippen LogP contribution < -0.4 is 4.18 Å². The Kier molecular flexibility index (Phi) is 4.07. The van der Waals surface area contributed by atoms with Gasteiger partial charge in [0.25, 0.3) is 0 Å². The monoisotopic (exact) mass is 387 g/mol. The first kappa shape index (κ1) is 15.5. The fourth-order valence-corrected chi connectivity index (χ4v) is 3.83. The summed E-state index contributed by atoms with van der Waals surface area (Å²) in [5.41, 5.74) is 0.257. The minimum absolute atomic E-state index is 0.0587. The summed E-state index contributed by atoms with van der Waals surface area (Å²) in [6.45, 7) is 0. The van der Waals surface area contributed by atoms with Crippen LogP contribution in [0.2, 0.25) is 0 Å². The number of hydrogen-bond donors (Lipinski definition) is 0. The van der Waals surface area contributed by atoms with Gasteiger partial charge in [0.15, 0.2) is 5.75 Å². The molecule has 0 saturated heterocycles. The predicted molar refractivity (Wildman–Crippen MR) is 90.6 cm³/mol. The van der Waals surface area contributed by atoms with Crippen LogP contribution in [0.4, 0.5) is 0 Å². The van der Waals surface area contributed by atoms with Gasteiger partial charge in [-0.15, -0.1) is 0 Å². The van der Waals surface area contributed by atoms with Crippen LogP contribution in [0.15, 0.2) is 70.0 Å². The van der Waals surface area contributed by atoms with Gasteiger partial charge in [-0.05, 0) is 51.0 Å². The van der Waals surface area contributed by atoms with E-state index in [-0.39, 0.29) is 16.2 Å². The molecular formula is C17H10BrNO3S. The number of nitrogens with zero attached hydrogens (tertiary/aromatic N) is 1. The molecule has 0 radical (unpaired) electrons. The molecule has 3 aromatic carbocycles. The lowest BCUT2D eigenvalue weighted by Gasteiger charge is -2.10. The van der Waals surface area contributed by atoms with Crippen LogP contribution in [0.5, 0.6) is 5.75 Å². The fraction of sp³-hybridized carbons (Fsp3) is 0. The second kappa shape index (κ2) is 6.03.